The molecule has 0 radical (unpaired) electrons. The highest BCUT2D eigenvalue weighted by molar-refractivity contribution is 5.76. The molecule has 0 saturated carbocycles. The molecule has 20 heavy (non-hydrogen) atoms. The molecule has 0 unspecified atom stereocenters. The van der Waals surface area contributed by atoms with Crippen LogP contribution in [0.15, 0.2) is 18.3 Å². The number of hydrogen-bond acceptors (Lipinski definition) is 2. The Labute approximate surface area is 122 Å². The molecule has 1 N–H and O–H groups in total. The average Bonchev–Trinajstić information content (AvgIpc) is 2.84. The number of aromatic nitrogens is 1. The van der Waals surface area contributed by atoms with Crippen molar-refractivity contribution in [3.05, 3.63) is 24.0 Å². The molecule has 1 aliphatic heterocycles. The summed E-state index contributed by atoms with van der Waals surface area (Å²) in [6.07, 6.45) is 5.56. The quantitative estimate of drug-likeness (QED) is 0.917. The summed E-state index contributed by atoms with van der Waals surface area (Å²) in [5.74, 6) is 0.248. The van der Waals surface area contributed by atoms with E-state index in [1.165, 1.54) is 12.1 Å². The van der Waals surface area contributed by atoms with Crippen LogP contribution in [0, 0.1) is 0 Å². The lowest BCUT2D eigenvalue weighted by Crippen LogP contribution is -2.39. The fraction of sp³-hybridized carbons (Fsp3) is 0.688. The van der Waals surface area contributed by atoms with Crippen molar-refractivity contribution in [2.75, 3.05) is 13.1 Å². The molecule has 0 aromatic carbocycles. The van der Waals surface area contributed by atoms with Crippen LogP contribution in [-0.4, -0.2) is 34.0 Å². The van der Waals surface area contributed by atoms with Crippen LogP contribution in [0.25, 0.3) is 0 Å². The minimum absolute atomic E-state index is 0.0893. The van der Waals surface area contributed by atoms with Gasteiger partial charge in [0.05, 0.1) is 0 Å². The zero-order valence-electron chi connectivity index (χ0n) is 13.0. The van der Waals surface area contributed by atoms with Crippen molar-refractivity contribution < 1.29 is 4.79 Å². The number of nitrogens with zero attached hydrogens (tertiary/aromatic N) is 2. The van der Waals surface area contributed by atoms with Gasteiger partial charge in [-0.2, -0.15) is 0 Å². The van der Waals surface area contributed by atoms with E-state index >= 15 is 0 Å². The number of carbonyl (C=O) groups excluding carboxylic acids is 1. The number of hydrogen-bond donors (Lipinski definition) is 1. The summed E-state index contributed by atoms with van der Waals surface area (Å²) in [5, 5.41) is 3.47. The topological polar surface area (TPSA) is 37.3 Å². The lowest BCUT2D eigenvalue weighted by Gasteiger charge is -2.27. The van der Waals surface area contributed by atoms with Gasteiger partial charge in [0.15, 0.2) is 0 Å². The van der Waals surface area contributed by atoms with E-state index in [-0.39, 0.29) is 11.4 Å². The molecule has 0 aliphatic carbocycles. The van der Waals surface area contributed by atoms with E-state index in [1.54, 1.807) is 0 Å². The van der Waals surface area contributed by atoms with E-state index in [0.29, 0.717) is 6.54 Å². The highest BCUT2D eigenvalue weighted by atomic mass is 16.2. The fourth-order valence-electron chi connectivity index (χ4n) is 2.51. The van der Waals surface area contributed by atoms with E-state index in [0.717, 1.165) is 32.5 Å². The monoisotopic (exact) mass is 277 g/mol. The Bertz CT molecular complexity index is 439. The van der Waals surface area contributed by atoms with Crippen LogP contribution in [0.5, 0.6) is 0 Å². The van der Waals surface area contributed by atoms with Gasteiger partial charge in [0, 0.05) is 37.1 Å². The van der Waals surface area contributed by atoms with Crippen LogP contribution in [-0.2, 0) is 17.9 Å². The number of nitrogens with one attached hydrogen (secondary N) is 1. The SMILES string of the molecule is CC(C)(C)NCc1cccn1CC(=O)N1CCCCC1. The summed E-state index contributed by atoms with van der Waals surface area (Å²) in [6.45, 7) is 9.57. The van der Waals surface area contributed by atoms with Crippen molar-refractivity contribution in [1.29, 1.82) is 0 Å². The van der Waals surface area contributed by atoms with E-state index in [9.17, 15) is 4.79 Å². The molecule has 1 fully saturated rings. The molecule has 1 amide bonds. The summed E-state index contributed by atoms with van der Waals surface area (Å²) in [5.41, 5.74) is 1.26. The Kier molecular flexibility index (Phi) is 4.86. The highest BCUT2D eigenvalue weighted by Crippen LogP contribution is 2.11. The molecule has 2 rings (SSSR count). The molecule has 1 aromatic heterocycles. The first-order valence-electron chi connectivity index (χ1n) is 7.62. The van der Waals surface area contributed by atoms with Gasteiger partial charge in [-0.3, -0.25) is 4.79 Å². The number of rotatable bonds is 4. The van der Waals surface area contributed by atoms with Crippen molar-refractivity contribution in [3.63, 3.8) is 0 Å². The van der Waals surface area contributed by atoms with Gasteiger partial charge in [0.1, 0.15) is 6.54 Å². The summed E-state index contributed by atoms with van der Waals surface area (Å²) in [7, 11) is 0. The van der Waals surface area contributed by atoms with E-state index in [4.69, 9.17) is 0 Å². The molecule has 0 bridgehead atoms. The zero-order valence-corrected chi connectivity index (χ0v) is 13.0. The largest absolute Gasteiger partial charge is 0.341 e. The predicted molar refractivity (Wildman–Crippen MR) is 81.5 cm³/mol. The van der Waals surface area contributed by atoms with Gasteiger partial charge in [0.2, 0.25) is 5.91 Å². The molecular formula is C16H27N3O. The third kappa shape index (κ3) is 4.37. The molecule has 1 aliphatic rings. The highest BCUT2D eigenvalue weighted by Gasteiger charge is 2.17. The lowest BCUT2D eigenvalue weighted by atomic mass is 10.1. The van der Waals surface area contributed by atoms with Gasteiger partial charge < -0.3 is 14.8 Å². The molecule has 1 aromatic rings. The molecule has 0 spiro atoms. The summed E-state index contributed by atoms with van der Waals surface area (Å²) in [6, 6.07) is 4.10. The molecule has 0 atom stereocenters. The molecule has 112 valence electrons. The maximum Gasteiger partial charge on any atom is 0.242 e. The molecule has 1 saturated heterocycles. The third-order valence-electron chi connectivity index (χ3n) is 3.74. The number of likely N-dealkylation sites (tertiary alicyclic amines) is 1. The first-order chi connectivity index (χ1) is 9.46. The van der Waals surface area contributed by atoms with Gasteiger partial charge in [0.25, 0.3) is 0 Å². The number of carbonyl (C=O) groups is 1. The summed E-state index contributed by atoms with van der Waals surface area (Å²) < 4.78 is 2.07. The Morgan fingerprint density at radius 2 is 1.95 bits per heavy atom. The van der Waals surface area contributed by atoms with Crippen molar-refractivity contribution in [2.24, 2.45) is 0 Å². The maximum absolute atomic E-state index is 12.3. The van der Waals surface area contributed by atoms with Gasteiger partial charge >= 0.3 is 0 Å². The fourth-order valence-corrected chi connectivity index (χ4v) is 2.51. The van der Waals surface area contributed by atoms with Crippen molar-refractivity contribution >= 4 is 5.91 Å². The first kappa shape index (κ1) is 15.1. The predicted octanol–water partition coefficient (Wildman–Crippen LogP) is 2.39. The average molecular weight is 277 g/mol. The smallest absolute Gasteiger partial charge is 0.242 e. The molecule has 4 heteroatoms. The third-order valence-corrected chi connectivity index (χ3v) is 3.74. The van der Waals surface area contributed by atoms with Crippen LogP contribution < -0.4 is 5.32 Å². The molecular weight excluding hydrogens is 250 g/mol. The Morgan fingerprint density at radius 3 is 2.60 bits per heavy atom. The lowest BCUT2D eigenvalue weighted by molar-refractivity contribution is -0.132. The van der Waals surface area contributed by atoms with Gasteiger partial charge in [-0.15, -0.1) is 0 Å². The molecule has 2 heterocycles. The minimum Gasteiger partial charge on any atom is -0.341 e. The second-order valence-electron chi connectivity index (χ2n) is 6.67. The standard InChI is InChI=1S/C16H27N3O/c1-16(2,3)17-12-14-8-7-11-19(14)13-15(20)18-9-5-4-6-10-18/h7-8,11,17H,4-6,9-10,12-13H2,1-3H3. The molecule has 4 nitrogen and oxygen atoms in total. The maximum atomic E-state index is 12.3. The first-order valence-corrected chi connectivity index (χ1v) is 7.62. The van der Waals surface area contributed by atoms with Crippen molar-refractivity contribution in [3.8, 4) is 0 Å². The summed E-state index contributed by atoms with van der Waals surface area (Å²) >= 11 is 0. The van der Waals surface area contributed by atoms with E-state index in [1.807, 2.05) is 17.2 Å². The van der Waals surface area contributed by atoms with Crippen molar-refractivity contribution in [1.82, 2.24) is 14.8 Å². The van der Waals surface area contributed by atoms with Crippen molar-refractivity contribution in [2.45, 2.75) is 58.7 Å². The van der Waals surface area contributed by atoms with Gasteiger partial charge in [-0.25, -0.2) is 0 Å². The van der Waals surface area contributed by atoms with Gasteiger partial charge in [-0.1, -0.05) is 0 Å². The Morgan fingerprint density at radius 1 is 1.25 bits per heavy atom. The van der Waals surface area contributed by atoms with Crippen LogP contribution in [0.4, 0.5) is 0 Å². The second kappa shape index (κ2) is 6.44. The Hall–Kier alpha value is -1.29. The van der Waals surface area contributed by atoms with E-state index in [2.05, 4.69) is 36.7 Å². The second-order valence-corrected chi connectivity index (χ2v) is 6.67. The minimum atomic E-state index is 0.0893. The number of amides is 1. The van der Waals surface area contributed by atoms with Crippen LogP contribution >= 0.6 is 0 Å². The van der Waals surface area contributed by atoms with Crippen LogP contribution in [0.3, 0.4) is 0 Å². The normalized spacial score (nSPS) is 16.4. The number of piperidine rings is 1. The van der Waals surface area contributed by atoms with Crippen LogP contribution in [0.2, 0.25) is 0 Å². The summed E-state index contributed by atoms with van der Waals surface area (Å²) in [4.78, 5) is 14.3. The zero-order chi connectivity index (χ0) is 14.6. The Balaban J connectivity index is 1.92. The van der Waals surface area contributed by atoms with E-state index < -0.39 is 0 Å². The van der Waals surface area contributed by atoms with Gasteiger partial charge in [-0.05, 0) is 52.2 Å². The van der Waals surface area contributed by atoms with Crippen LogP contribution in [0.1, 0.15) is 45.7 Å².